The van der Waals surface area contributed by atoms with Crippen LogP contribution in [0.5, 0.6) is 0 Å². The number of nitrogens with zero attached hydrogens (tertiary/aromatic N) is 2. The summed E-state index contributed by atoms with van der Waals surface area (Å²) in [5.74, 6) is -0.292. The maximum Gasteiger partial charge on any atom is 0.123 e. The minimum absolute atomic E-state index is 0.292. The van der Waals surface area contributed by atoms with E-state index in [2.05, 4.69) is 17.9 Å². The Balaban J connectivity index is 2.17. The summed E-state index contributed by atoms with van der Waals surface area (Å²) in [5, 5.41) is 8.99. The molecule has 0 amide bonds. The molecule has 17 heavy (non-hydrogen) atoms. The van der Waals surface area contributed by atoms with Crippen LogP contribution in [0.15, 0.2) is 18.2 Å². The van der Waals surface area contributed by atoms with E-state index >= 15 is 0 Å². The highest BCUT2D eigenvalue weighted by Crippen LogP contribution is 2.16. The summed E-state index contributed by atoms with van der Waals surface area (Å²) in [6.07, 6.45) is 0. The summed E-state index contributed by atoms with van der Waals surface area (Å²) in [6.45, 7) is 4.89. The van der Waals surface area contributed by atoms with Gasteiger partial charge < -0.3 is 4.74 Å². The highest BCUT2D eigenvalue weighted by atomic mass is 19.1. The second-order valence-corrected chi connectivity index (χ2v) is 4.31. The lowest BCUT2D eigenvalue weighted by Crippen LogP contribution is -2.43. The molecular weight excluding hydrogens is 219 g/mol. The van der Waals surface area contributed by atoms with E-state index in [9.17, 15) is 4.39 Å². The van der Waals surface area contributed by atoms with E-state index in [1.54, 1.807) is 0 Å². The van der Waals surface area contributed by atoms with Crippen LogP contribution in [0.4, 0.5) is 4.39 Å². The number of ether oxygens (including phenoxy) is 1. The molecule has 1 aromatic rings. The molecule has 1 atom stereocenters. The molecule has 0 aliphatic carbocycles. The van der Waals surface area contributed by atoms with Crippen LogP contribution in [0.2, 0.25) is 0 Å². The van der Waals surface area contributed by atoms with E-state index in [1.165, 1.54) is 18.2 Å². The van der Waals surface area contributed by atoms with E-state index in [0.717, 1.165) is 12.1 Å². The Morgan fingerprint density at radius 2 is 2.41 bits per heavy atom. The first-order chi connectivity index (χ1) is 8.20. The number of halogens is 1. The first-order valence-corrected chi connectivity index (χ1v) is 5.71. The Morgan fingerprint density at radius 3 is 3.12 bits per heavy atom. The van der Waals surface area contributed by atoms with Crippen LogP contribution in [0.1, 0.15) is 18.1 Å². The minimum Gasteiger partial charge on any atom is -0.379 e. The van der Waals surface area contributed by atoms with Gasteiger partial charge in [0.2, 0.25) is 0 Å². The van der Waals surface area contributed by atoms with Crippen molar-refractivity contribution < 1.29 is 9.13 Å². The van der Waals surface area contributed by atoms with E-state index in [0.29, 0.717) is 31.4 Å². The van der Waals surface area contributed by atoms with Gasteiger partial charge in [-0.3, -0.25) is 4.90 Å². The zero-order valence-corrected chi connectivity index (χ0v) is 9.82. The van der Waals surface area contributed by atoms with Gasteiger partial charge in [0, 0.05) is 19.1 Å². The van der Waals surface area contributed by atoms with Gasteiger partial charge >= 0.3 is 0 Å². The van der Waals surface area contributed by atoms with Crippen molar-refractivity contribution in [1.82, 2.24) is 4.90 Å². The predicted octanol–water partition coefficient (Wildman–Crippen LogP) is 1.92. The van der Waals surface area contributed by atoms with Crippen molar-refractivity contribution in [2.75, 3.05) is 19.8 Å². The van der Waals surface area contributed by atoms with Crippen LogP contribution in [-0.4, -0.2) is 30.7 Å². The molecule has 0 saturated carbocycles. The molecule has 1 heterocycles. The summed E-state index contributed by atoms with van der Waals surface area (Å²) in [7, 11) is 0. The third kappa shape index (κ3) is 2.82. The van der Waals surface area contributed by atoms with Gasteiger partial charge in [-0.15, -0.1) is 0 Å². The summed E-state index contributed by atoms with van der Waals surface area (Å²) in [4.78, 5) is 2.21. The minimum atomic E-state index is -0.292. The Hall–Kier alpha value is -1.44. The third-order valence-electron chi connectivity index (χ3n) is 3.07. The molecule has 1 fully saturated rings. The van der Waals surface area contributed by atoms with E-state index in [-0.39, 0.29) is 5.82 Å². The molecule has 1 aliphatic heterocycles. The van der Waals surface area contributed by atoms with E-state index in [4.69, 9.17) is 10.00 Å². The van der Waals surface area contributed by atoms with Gasteiger partial charge in [0.05, 0.1) is 24.8 Å². The fraction of sp³-hybridized carbons (Fsp3) is 0.462. The van der Waals surface area contributed by atoms with Crippen molar-refractivity contribution in [2.45, 2.75) is 19.5 Å². The molecule has 0 bridgehead atoms. The van der Waals surface area contributed by atoms with Gasteiger partial charge in [-0.1, -0.05) is 0 Å². The summed E-state index contributed by atoms with van der Waals surface area (Å²) in [5.41, 5.74) is 1.30. The largest absolute Gasteiger partial charge is 0.379 e. The van der Waals surface area contributed by atoms with Crippen molar-refractivity contribution in [1.29, 1.82) is 5.26 Å². The molecule has 2 rings (SSSR count). The zero-order chi connectivity index (χ0) is 12.3. The number of rotatable bonds is 2. The summed E-state index contributed by atoms with van der Waals surface area (Å²) < 4.78 is 18.5. The van der Waals surface area contributed by atoms with Gasteiger partial charge in [-0.05, 0) is 30.7 Å². The summed E-state index contributed by atoms with van der Waals surface area (Å²) in [6, 6.07) is 6.71. The average molecular weight is 234 g/mol. The smallest absolute Gasteiger partial charge is 0.123 e. The second kappa shape index (κ2) is 5.26. The Kier molecular flexibility index (Phi) is 3.72. The number of benzene rings is 1. The Morgan fingerprint density at radius 1 is 1.59 bits per heavy atom. The number of morpholine rings is 1. The SMILES string of the molecule is CC1COCCN1Cc1cc(F)ccc1C#N. The lowest BCUT2D eigenvalue weighted by Gasteiger charge is -2.33. The molecule has 1 saturated heterocycles. The fourth-order valence-corrected chi connectivity index (χ4v) is 2.02. The zero-order valence-electron chi connectivity index (χ0n) is 9.82. The molecule has 1 aliphatic rings. The van der Waals surface area contributed by atoms with Gasteiger partial charge in [-0.25, -0.2) is 4.39 Å². The van der Waals surface area contributed by atoms with Crippen molar-refractivity contribution >= 4 is 0 Å². The molecule has 4 heteroatoms. The van der Waals surface area contributed by atoms with Crippen LogP contribution in [-0.2, 0) is 11.3 Å². The number of hydrogen-bond acceptors (Lipinski definition) is 3. The maximum absolute atomic E-state index is 13.2. The molecular formula is C13H15FN2O. The fourth-order valence-electron chi connectivity index (χ4n) is 2.02. The van der Waals surface area contributed by atoms with Gasteiger partial charge in [0.25, 0.3) is 0 Å². The van der Waals surface area contributed by atoms with Crippen LogP contribution in [0.3, 0.4) is 0 Å². The normalized spacial score (nSPS) is 21.1. The average Bonchev–Trinajstić information content (AvgIpc) is 2.32. The van der Waals surface area contributed by atoms with Crippen molar-refractivity contribution in [2.24, 2.45) is 0 Å². The monoisotopic (exact) mass is 234 g/mol. The number of hydrogen-bond donors (Lipinski definition) is 0. The van der Waals surface area contributed by atoms with Gasteiger partial charge in [0.1, 0.15) is 5.82 Å². The standard InChI is InChI=1S/C13H15FN2O/c1-10-9-17-5-4-16(10)8-12-6-13(14)3-2-11(12)7-15/h2-3,6,10H,4-5,8-9H2,1H3. The quantitative estimate of drug-likeness (QED) is 0.784. The topological polar surface area (TPSA) is 36.3 Å². The molecule has 90 valence electrons. The molecule has 1 aromatic carbocycles. The van der Waals surface area contributed by atoms with Gasteiger partial charge in [0.15, 0.2) is 0 Å². The van der Waals surface area contributed by atoms with Crippen LogP contribution >= 0.6 is 0 Å². The van der Waals surface area contributed by atoms with E-state index in [1.807, 2.05) is 0 Å². The predicted molar refractivity (Wildman–Crippen MR) is 61.8 cm³/mol. The van der Waals surface area contributed by atoms with Crippen LogP contribution in [0.25, 0.3) is 0 Å². The van der Waals surface area contributed by atoms with Crippen LogP contribution in [0, 0.1) is 17.1 Å². The number of nitriles is 1. The first kappa shape index (κ1) is 12.0. The molecule has 0 radical (unpaired) electrons. The third-order valence-corrected chi connectivity index (χ3v) is 3.07. The van der Waals surface area contributed by atoms with E-state index < -0.39 is 0 Å². The molecule has 0 spiro atoms. The van der Waals surface area contributed by atoms with Crippen LogP contribution < -0.4 is 0 Å². The van der Waals surface area contributed by atoms with Crippen molar-refractivity contribution in [3.05, 3.63) is 35.1 Å². The van der Waals surface area contributed by atoms with Crippen molar-refractivity contribution in [3.8, 4) is 6.07 Å². The second-order valence-electron chi connectivity index (χ2n) is 4.31. The molecule has 0 N–H and O–H groups in total. The highest BCUT2D eigenvalue weighted by Gasteiger charge is 2.19. The Bertz CT molecular complexity index is 442. The molecule has 3 nitrogen and oxygen atoms in total. The maximum atomic E-state index is 13.2. The molecule has 1 unspecified atom stereocenters. The Labute approximate surface area is 100 Å². The lowest BCUT2D eigenvalue weighted by molar-refractivity contribution is -0.00443. The van der Waals surface area contributed by atoms with Gasteiger partial charge in [-0.2, -0.15) is 5.26 Å². The lowest BCUT2D eigenvalue weighted by atomic mass is 10.1. The highest BCUT2D eigenvalue weighted by molar-refractivity contribution is 5.37. The first-order valence-electron chi connectivity index (χ1n) is 5.71. The molecule has 0 aromatic heterocycles. The van der Waals surface area contributed by atoms with Crippen molar-refractivity contribution in [3.63, 3.8) is 0 Å². The summed E-state index contributed by atoms with van der Waals surface area (Å²) >= 11 is 0.